The standard InChI is InChI=1S/C24H24ClFN8O4S/c1-3-34(24-27-12-15(13-28-24)23(35)32-36)9-8-33(2)39(37,38)17-5-7-21-18(11-17)22(30-14-29-21)31-16-4-6-20(26)19(25)10-16/h4-7,10-14,36H,3,8-9H2,1-2H3,(H,32,35)(H,29,30,31). The molecule has 0 aliphatic rings. The van der Waals surface area contributed by atoms with Crippen LogP contribution in [0.25, 0.3) is 10.9 Å². The molecular weight excluding hydrogens is 551 g/mol. The lowest BCUT2D eigenvalue weighted by atomic mass is 10.2. The molecule has 0 aliphatic carbocycles. The highest BCUT2D eigenvalue weighted by atomic mass is 35.5. The first-order valence-corrected chi connectivity index (χ1v) is 13.4. The Labute approximate surface area is 228 Å². The molecule has 4 rings (SSSR count). The highest BCUT2D eigenvalue weighted by Gasteiger charge is 2.23. The Kier molecular flexibility index (Phi) is 8.50. The summed E-state index contributed by atoms with van der Waals surface area (Å²) in [5, 5.41) is 12.1. The monoisotopic (exact) mass is 574 g/mol. The van der Waals surface area contributed by atoms with Gasteiger partial charge in [-0.3, -0.25) is 10.0 Å². The van der Waals surface area contributed by atoms with Crippen LogP contribution in [-0.2, 0) is 10.0 Å². The van der Waals surface area contributed by atoms with Crippen LogP contribution in [0.1, 0.15) is 17.3 Å². The van der Waals surface area contributed by atoms with Gasteiger partial charge >= 0.3 is 0 Å². The van der Waals surface area contributed by atoms with Gasteiger partial charge in [0.1, 0.15) is 18.0 Å². The van der Waals surface area contributed by atoms with Gasteiger partial charge in [-0.1, -0.05) is 11.6 Å². The molecule has 4 aromatic rings. The molecule has 0 spiro atoms. The zero-order chi connectivity index (χ0) is 28.2. The van der Waals surface area contributed by atoms with Gasteiger partial charge in [-0.05, 0) is 43.3 Å². The van der Waals surface area contributed by atoms with E-state index in [1.54, 1.807) is 11.0 Å². The van der Waals surface area contributed by atoms with E-state index in [0.717, 1.165) is 0 Å². The zero-order valence-corrected chi connectivity index (χ0v) is 22.4. The van der Waals surface area contributed by atoms with Crippen LogP contribution in [0.2, 0.25) is 5.02 Å². The first-order valence-electron chi connectivity index (χ1n) is 11.6. The number of carbonyl (C=O) groups is 1. The highest BCUT2D eigenvalue weighted by molar-refractivity contribution is 7.89. The third-order valence-corrected chi connectivity index (χ3v) is 7.99. The van der Waals surface area contributed by atoms with Crippen molar-refractivity contribution in [1.29, 1.82) is 0 Å². The number of carbonyl (C=O) groups excluding carboxylic acids is 1. The Bertz CT molecular complexity index is 1610. The fourth-order valence-electron chi connectivity index (χ4n) is 3.63. The number of likely N-dealkylation sites (N-methyl/N-ethyl adjacent to an activating group) is 2. The number of nitrogens with one attached hydrogen (secondary N) is 2. The molecule has 0 saturated heterocycles. The summed E-state index contributed by atoms with van der Waals surface area (Å²) in [6, 6.07) is 8.62. The minimum absolute atomic E-state index is 0.0335. The van der Waals surface area contributed by atoms with Crippen LogP contribution >= 0.6 is 11.6 Å². The second-order valence-electron chi connectivity index (χ2n) is 8.27. The minimum Gasteiger partial charge on any atom is -0.340 e. The molecule has 0 saturated carbocycles. The first-order chi connectivity index (χ1) is 18.6. The van der Waals surface area contributed by atoms with Crippen molar-refractivity contribution in [2.24, 2.45) is 0 Å². The maximum atomic E-state index is 13.6. The van der Waals surface area contributed by atoms with Gasteiger partial charge in [0.05, 0.1) is 21.0 Å². The second-order valence-corrected chi connectivity index (χ2v) is 10.7. The summed E-state index contributed by atoms with van der Waals surface area (Å²) in [4.78, 5) is 30.0. The van der Waals surface area contributed by atoms with E-state index in [-0.39, 0.29) is 28.6 Å². The number of hydroxylamine groups is 1. The van der Waals surface area contributed by atoms with E-state index >= 15 is 0 Å². The number of amides is 1. The van der Waals surface area contributed by atoms with E-state index in [4.69, 9.17) is 16.8 Å². The molecule has 204 valence electrons. The van der Waals surface area contributed by atoms with Crippen LogP contribution in [0.15, 0.2) is 60.0 Å². The SMILES string of the molecule is CCN(CCN(C)S(=O)(=O)c1ccc2ncnc(Nc3ccc(F)c(Cl)c3)c2c1)c1ncc(C(=O)NO)cn1. The third kappa shape index (κ3) is 6.20. The largest absolute Gasteiger partial charge is 0.340 e. The van der Waals surface area contributed by atoms with Crippen molar-refractivity contribution in [1.82, 2.24) is 29.7 Å². The molecule has 39 heavy (non-hydrogen) atoms. The van der Waals surface area contributed by atoms with Crippen molar-refractivity contribution in [3.63, 3.8) is 0 Å². The van der Waals surface area contributed by atoms with E-state index in [0.29, 0.717) is 34.9 Å². The van der Waals surface area contributed by atoms with Crippen molar-refractivity contribution >= 4 is 55.9 Å². The number of hydrogen-bond acceptors (Lipinski definition) is 10. The third-order valence-electron chi connectivity index (χ3n) is 5.85. The predicted molar refractivity (Wildman–Crippen MR) is 143 cm³/mol. The van der Waals surface area contributed by atoms with E-state index in [2.05, 4.69) is 25.3 Å². The number of nitrogens with zero attached hydrogens (tertiary/aromatic N) is 6. The lowest BCUT2D eigenvalue weighted by Crippen LogP contribution is -2.37. The van der Waals surface area contributed by atoms with E-state index in [1.807, 2.05) is 6.92 Å². The average Bonchev–Trinajstić information content (AvgIpc) is 2.95. The Morgan fingerprint density at radius 1 is 1.08 bits per heavy atom. The molecule has 2 heterocycles. The number of rotatable bonds is 10. The number of anilines is 3. The van der Waals surface area contributed by atoms with Gasteiger partial charge in [-0.25, -0.2) is 38.2 Å². The molecule has 15 heteroatoms. The maximum absolute atomic E-state index is 13.6. The number of benzene rings is 2. The van der Waals surface area contributed by atoms with Crippen LogP contribution in [0, 0.1) is 5.82 Å². The molecule has 3 N–H and O–H groups in total. The molecule has 2 aromatic heterocycles. The van der Waals surface area contributed by atoms with Crippen molar-refractivity contribution in [3.8, 4) is 0 Å². The van der Waals surface area contributed by atoms with Gasteiger partial charge in [-0.2, -0.15) is 4.31 Å². The van der Waals surface area contributed by atoms with Crippen LogP contribution in [-0.4, -0.2) is 70.5 Å². The zero-order valence-electron chi connectivity index (χ0n) is 20.8. The lowest BCUT2D eigenvalue weighted by molar-refractivity contribution is 0.0705. The summed E-state index contributed by atoms with van der Waals surface area (Å²) >= 11 is 5.88. The molecule has 2 aromatic carbocycles. The van der Waals surface area contributed by atoms with Gasteiger partial charge in [0.25, 0.3) is 5.91 Å². The summed E-state index contributed by atoms with van der Waals surface area (Å²) in [6.45, 7) is 2.72. The molecule has 0 aliphatic heterocycles. The fourth-order valence-corrected chi connectivity index (χ4v) is 5.00. The summed E-state index contributed by atoms with van der Waals surface area (Å²) < 4.78 is 41.6. The number of aromatic nitrogens is 4. The molecule has 0 atom stereocenters. The molecular formula is C24H24ClFN8O4S. The maximum Gasteiger partial charge on any atom is 0.277 e. The summed E-state index contributed by atoms with van der Waals surface area (Å²) in [5.74, 6) is -0.672. The van der Waals surface area contributed by atoms with Gasteiger partial charge < -0.3 is 10.2 Å². The normalized spacial score (nSPS) is 11.5. The van der Waals surface area contributed by atoms with Crippen molar-refractivity contribution in [3.05, 3.63) is 71.5 Å². The number of hydrogen-bond donors (Lipinski definition) is 3. The fraction of sp³-hybridized carbons (Fsp3) is 0.208. The van der Waals surface area contributed by atoms with E-state index in [9.17, 15) is 17.6 Å². The molecule has 0 bridgehead atoms. The number of halogens is 2. The summed E-state index contributed by atoms with van der Waals surface area (Å²) in [5.41, 5.74) is 2.57. The molecule has 0 fully saturated rings. The van der Waals surface area contributed by atoms with E-state index in [1.165, 1.54) is 65.9 Å². The van der Waals surface area contributed by atoms with Crippen molar-refractivity contribution in [2.45, 2.75) is 11.8 Å². The molecule has 12 nitrogen and oxygen atoms in total. The quantitative estimate of drug-likeness (QED) is 0.190. The van der Waals surface area contributed by atoms with Gasteiger partial charge in [0, 0.05) is 50.1 Å². The van der Waals surface area contributed by atoms with E-state index < -0.39 is 21.7 Å². The topological polar surface area (TPSA) is 154 Å². The van der Waals surface area contributed by atoms with Gasteiger partial charge in [0.2, 0.25) is 16.0 Å². The van der Waals surface area contributed by atoms with Crippen LogP contribution in [0.4, 0.5) is 21.8 Å². The average molecular weight is 575 g/mol. The Morgan fingerprint density at radius 3 is 2.49 bits per heavy atom. The van der Waals surface area contributed by atoms with Gasteiger partial charge in [-0.15, -0.1) is 0 Å². The summed E-state index contributed by atoms with van der Waals surface area (Å²) in [7, 11) is -2.45. The Hall–Kier alpha value is -3.98. The Balaban J connectivity index is 1.53. The highest BCUT2D eigenvalue weighted by Crippen LogP contribution is 2.28. The summed E-state index contributed by atoms with van der Waals surface area (Å²) in [6.07, 6.45) is 3.86. The van der Waals surface area contributed by atoms with Crippen LogP contribution in [0.3, 0.4) is 0 Å². The number of fused-ring (bicyclic) bond motifs is 1. The lowest BCUT2D eigenvalue weighted by Gasteiger charge is -2.24. The number of sulfonamides is 1. The predicted octanol–water partition coefficient (Wildman–Crippen LogP) is 3.22. The Morgan fingerprint density at radius 2 is 1.82 bits per heavy atom. The first kappa shape index (κ1) is 28.0. The van der Waals surface area contributed by atoms with Crippen molar-refractivity contribution in [2.75, 3.05) is 36.9 Å². The van der Waals surface area contributed by atoms with Gasteiger partial charge in [0.15, 0.2) is 0 Å². The molecule has 0 unspecified atom stereocenters. The second kappa shape index (κ2) is 11.8. The smallest absolute Gasteiger partial charge is 0.277 e. The van der Waals surface area contributed by atoms with Crippen molar-refractivity contribution < 1.29 is 22.8 Å². The van der Waals surface area contributed by atoms with Crippen LogP contribution < -0.4 is 15.7 Å². The van der Waals surface area contributed by atoms with Crippen LogP contribution in [0.5, 0.6) is 0 Å². The minimum atomic E-state index is -3.91. The molecule has 1 amide bonds. The molecule has 0 radical (unpaired) electrons.